The van der Waals surface area contributed by atoms with Crippen molar-refractivity contribution in [1.82, 2.24) is 29.5 Å². The van der Waals surface area contributed by atoms with E-state index in [1.165, 1.54) is 10.6 Å². The predicted molar refractivity (Wildman–Crippen MR) is 104 cm³/mol. The number of H-pyrrole nitrogens is 1. The van der Waals surface area contributed by atoms with Gasteiger partial charge in [-0.3, -0.25) is 14.9 Å². The predicted octanol–water partition coefficient (Wildman–Crippen LogP) is 2.90. The molecule has 138 valence electrons. The molecule has 8 nitrogen and oxygen atoms in total. The number of nitrogens with zero attached hydrogens (tertiary/aromatic N) is 5. The Hall–Kier alpha value is -3.94. The van der Waals surface area contributed by atoms with Gasteiger partial charge in [0.25, 0.3) is 5.56 Å². The molecule has 5 aromatic rings. The normalized spacial score (nSPS) is 11.5. The van der Waals surface area contributed by atoms with Crippen LogP contribution in [0, 0.1) is 0 Å². The van der Waals surface area contributed by atoms with Gasteiger partial charge in [-0.25, -0.2) is 9.50 Å². The van der Waals surface area contributed by atoms with Crippen LogP contribution in [0.5, 0.6) is 0 Å². The number of rotatable bonds is 3. The molecule has 0 amide bonds. The largest absolute Gasteiger partial charge is 0.411 e. The summed E-state index contributed by atoms with van der Waals surface area (Å²) in [5.41, 5.74) is 4.74. The van der Waals surface area contributed by atoms with Gasteiger partial charge < -0.3 is 5.21 Å². The number of aromatic amines is 1. The summed E-state index contributed by atoms with van der Waals surface area (Å²) in [6.07, 6.45) is 4.00. The number of pyridine rings is 1. The summed E-state index contributed by atoms with van der Waals surface area (Å²) in [4.78, 5) is 22.8. The molecule has 0 spiro atoms. The smallest absolute Gasteiger partial charge is 0.273 e. The molecule has 2 N–H and O–H groups in total. The maximum Gasteiger partial charge on any atom is 0.273 e. The maximum atomic E-state index is 12.8. The summed E-state index contributed by atoms with van der Waals surface area (Å²) in [7, 11) is 0. The lowest BCUT2D eigenvalue weighted by molar-refractivity contribution is 0.161. The van der Waals surface area contributed by atoms with Gasteiger partial charge in [0.2, 0.25) is 0 Å². The molecule has 4 aromatic heterocycles. The van der Waals surface area contributed by atoms with Gasteiger partial charge in [-0.1, -0.05) is 19.1 Å². The SMILES string of the molecule is CCc1[nH]n2c(=O)cc(-c3ccc4c(cnn4O)c3)nc2c1-c1ccccn1. The Balaban J connectivity index is 1.78. The van der Waals surface area contributed by atoms with E-state index in [2.05, 4.69) is 15.2 Å². The first-order valence-electron chi connectivity index (χ1n) is 8.89. The van der Waals surface area contributed by atoms with E-state index in [4.69, 9.17) is 4.98 Å². The Morgan fingerprint density at radius 3 is 2.82 bits per heavy atom. The Morgan fingerprint density at radius 2 is 2.04 bits per heavy atom. The van der Waals surface area contributed by atoms with Crippen LogP contribution in [0.4, 0.5) is 0 Å². The van der Waals surface area contributed by atoms with Crippen molar-refractivity contribution in [2.45, 2.75) is 13.3 Å². The van der Waals surface area contributed by atoms with E-state index < -0.39 is 0 Å². The van der Waals surface area contributed by atoms with Crippen LogP contribution >= 0.6 is 0 Å². The van der Waals surface area contributed by atoms with E-state index in [0.29, 0.717) is 23.3 Å². The van der Waals surface area contributed by atoms with E-state index in [-0.39, 0.29) is 5.56 Å². The third kappa shape index (κ3) is 2.38. The van der Waals surface area contributed by atoms with Gasteiger partial charge in [-0.15, -0.1) is 9.94 Å². The molecule has 8 heteroatoms. The van der Waals surface area contributed by atoms with Gasteiger partial charge >= 0.3 is 0 Å². The molecule has 4 heterocycles. The molecule has 0 radical (unpaired) electrons. The zero-order valence-corrected chi connectivity index (χ0v) is 15.0. The average Bonchev–Trinajstić information content (AvgIpc) is 3.29. The minimum atomic E-state index is -0.199. The molecule has 0 unspecified atom stereocenters. The van der Waals surface area contributed by atoms with E-state index in [1.54, 1.807) is 18.5 Å². The van der Waals surface area contributed by atoms with Crippen molar-refractivity contribution in [1.29, 1.82) is 0 Å². The van der Waals surface area contributed by atoms with Gasteiger partial charge in [0, 0.05) is 28.9 Å². The van der Waals surface area contributed by atoms with Crippen molar-refractivity contribution < 1.29 is 5.21 Å². The van der Waals surface area contributed by atoms with Crippen molar-refractivity contribution in [3.8, 4) is 22.5 Å². The van der Waals surface area contributed by atoms with Gasteiger partial charge in [0.1, 0.15) is 5.52 Å². The molecule has 0 aliphatic rings. The van der Waals surface area contributed by atoms with E-state index >= 15 is 0 Å². The molecule has 0 fully saturated rings. The monoisotopic (exact) mass is 372 g/mol. The molecule has 0 saturated heterocycles. The highest BCUT2D eigenvalue weighted by Gasteiger charge is 2.17. The quantitative estimate of drug-likeness (QED) is 0.474. The first-order chi connectivity index (χ1) is 13.7. The second-order valence-corrected chi connectivity index (χ2v) is 6.48. The maximum absolute atomic E-state index is 12.8. The van der Waals surface area contributed by atoms with Crippen molar-refractivity contribution in [2.75, 3.05) is 0 Å². The number of fused-ring (bicyclic) bond motifs is 2. The third-order valence-corrected chi connectivity index (χ3v) is 4.81. The van der Waals surface area contributed by atoms with Gasteiger partial charge in [-0.05, 0) is 30.7 Å². The molecular formula is C20H16N6O2. The van der Waals surface area contributed by atoms with Crippen LogP contribution < -0.4 is 5.56 Å². The van der Waals surface area contributed by atoms with Crippen LogP contribution in [-0.2, 0) is 6.42 Å². The summed E-state index contributed by atoms with van der Waals surface area (Å²) in [5, 5.41) is 17.4. The van der Waals surface area contributed by atoms with Crippen LogP contribution in [0.25, 0.3) is 39.1 Å². The second kappa shape index (κ2) is 6.05. The standard InChI is InChI=1S/C20H16N6O2/c1-2-14-19(15-5-3-4-8-21-15)20-23-16(10-18(27)25(20)24-14)12-6-7-17-13(9-12)11-22-26(17)28/h3-11,24,28H,2H2,1H3. The van der Waals surface area contributed by atoms with Crippen molar-refractivity contribution in [2.24, 2.45) is 0 Å². The number of hydrogen-bond donors (Lipinski definition) is 2. The highest BCUT2D eigenvalue weighted by atomic mass is 16.5. The zero-order valence-electron chi connectivity index (χ0n) is 15.0. The molecular weight excluding hydrogens is 356 g/mol. The van der Waals surface area contributed by atoms with E-state index in [0.717, 1.165) is 32.7 Å². The topological polar surface area (TPSA) is 101 Å². The number of aromatic nitrogens is 6. The number of nitrogens with one attached hydrogen (secondary N) is 1. The van der Waals surface area contributed by atoms with Gasteiger partial charge in [0.05, 0.1) is 23.1 Å². The van der Waals surface area contributed by atoms with Gasteiger partial charge in [0.15, 0.2) is 5.65 Å². The summed E-state index contributed by atoms with van der Waals surface area (Å²) in [6, 6.07) is 12.6. The summed E-state index contributed by atoms with van der Waals surface area (Å²) >= 11 is 0. The van der Waals surface area contributed by atoms with Crippen LogP contribution in [0.2, 0.25) is 0 Å². The number of hydrogen-bond acceptors (Lipinski definition) is 5. The van der Waals surface area contributed by atoms with Crippen LogP contribution in [-0.4, -0.2) is 34.7 Å². The Bertz CT molecular complexity index is 1380. The lowest BCUT2D eigenvalue weighted by atomic mass is 10.1. The Labute approximate surface area is 158 Å². The minimum absolute atomic E-state index is 0.199. The third-order valence-electron chi connectivity index (χ3n) is 4.81. The van der Waals surface area contributed by atoms with Crippen LogP contribution in [0.15, 0.2) is 59.7 Å². The number of aryl methyl sites for hydroxylation is 1. The molecule has 0 bridgehead atoms. The first-order valence-corrected chi connectivity index (χ1v) is 8.89. The summed E-state index contributed by atoms with van der Waals surface area (Å²) in [5.74, 6) is 0. The average molecular weight is 372 g/mol. The lowest BCUT2D eigenvalue weighted by Gasteiger charge is -2.04. The molecule has 0 aliphatic carbocycles. The van der Waals surface area contributed by atoms with Crippen molar-refractivity contribution >= 4 is 16.6 Å². The highest BCUT2D eigenvalue weighted by Crippen LogP contribution is 2.28. The molecule has 0 atom stereocenters. The fourth-order valence-corrected chi connectivity index (χ4v) is 3.45. The fourth-order valence-electron chi connectivity index (χ4n) is 3.45. The minimum Gasteiger partial charge on any atom is -0.411 e. The first kappa shape index (κ1) is 16.2. The summed E-state index contributed by atoms with van der Waals surface area (Å²) in [6.45, 7) is 2.02. The molecule has 0 aliphatic heterocycles. The molecule has 1 aromatic carbocycles. The van der Waals surface area contributed by atoms with E-state index in [9.17, 15) is 10.0 Å². The number of benzene rings is 1. The second-order valence-electron chi connectivity index (χ2n) is 6.48. The molecule has 28 heavy (non-hydrogen) atoms. The fraction of sp³-hybridized carbons (Fsp3) is 0.100. The Morgan fingerprint density at radius 1 is 1.14 bits per heavy atom. The summed E-state index contributed by atoms with van der Waals surface area (Å²) < 4.78 is 1.45. The molecule has 0 saturated carbocycles. The lowest BCUT2D eigenvalue weighted by Crippen LogP contribution is -2.14. The zero-order chi connectivity index (χ0) is 19.3. The van der Waals surface area contributed by atoms with Crippen LogP contribution in [0.1, 0.15) is 12.6 Å². The Kier molecular flexibility index (Phi) is 3.51. The van der Waals surface area contributed by atoms with Crippen LogP contribution in [0.3, 0.4) is 0 Å². The van der Waals surface area contributed by atoms with E-state index in [1.807, 2.05) is 37.3 Å². The van der Waals surface area contributed by atoms with Gasteiger partial charge in [-0.2, -0.15) is 0 Å². The highest BCUT2D eigenvalue weighted by molar-refractivity contribution is 5.85. The molecule has 5 rings (SSSR count). The van der Waals surface area contributed by atoms with Crippen molar-refractivity contribution in [3.63, 3.8) is 0 Å². The van der Waals surface area contributed by atoms with Crippen molar-refractivity contribution in [3.05, 3.63) is 70.9 Å².